The van der Waals surface area contributed by atoms with Gasteiger partial charge in [-0.15, -0.1) is 0 Å². The van der Waals surface area contributed by atoms with E-state index in [4.69, 9.17) is 11.6 Å². The van der Waals surface area contributed by atoms with E-state index in [9.17, 15) is 18.8 Å². The summed E-state index contributed by atoms with van der Waals surface area (Å²) in [6.45, 7) is 0. The van der Waals surface area contributed by atoms with Crippen LogP contribution in [0.25, 0.3) is 6.08 Å². The SMILES string of the molecule is O=C1NC(=O)N(c2ccc(Cl)cc2)C(=O)/C1=C/c1ccccc1F. The lowest BCUT2D eigenvalue weighted by molar-refractivity contribution is -0.122. The molecule has 2 aromatic carbocycles. The Bertz CT molecular complexity index is 878. The first-order valence-electron chi connectivity index (χ1n) is 6.89. The molecule has 1 saturated heterocycles. The number of rotatable bonds is 2. The lowest BCUT2D eigenvalue weighted by Gasteiger charge is -2.26. The number of halogens is 2. The van der Waals surface area contributed by atoms with E-state index in [0.29, 0.717) is 5.02 Å². The number of amides is 4. The minimum absolute atomic E-state index is 0.0707. The largest absolute Gasteiger partial charge is 0.335 e. The van der Waals surface area contributed by atoms with Gasteiger partial charge >= 0.3 is 6.03 Å². The quantitative estimate of drug-likeness (QED) is 0.672. The third-order valence-corrected chi connectivity index (χ3v) is 3.64. The monoisotopic (exact) mass is 344 g/mol. The van der Waals surface area contributed by atoms with E-state index in [1.165, 1.54) is 42.5 Å². The van der Waals surface area contributed by atoms with Gasteiger partial charge in [0, 0.05) is 10.6 Å². The summed E-state index contributed by atoms with van der Waals surface area (Å²) >= 11 is 5.79. The van der Waals surface area contributed by atoms with Crippen molar-refractivity contribution in [1.29, 1.82) is 0 Å². The summed E-state index contributed by atoms with van der Waals surface area (Å²) in [5, 5.41) is 2.50. The van der Waals surface area contributed by atoms with Crippen LogP contribution < -0.4 is 10.2 Å². The number of hydrogen-bond acceptors (Lipinski definition) is 3. The van der Waals surface area contributed by atoms with Crippen molar-refractivity contribution >= 4 is 41.2 Å². The maximum absolute atomic E-state index is 13.8. The highest BCUT2D eigenvalue weighted by Crippen LogP contribution is 2.23. The molecule has 7 heteroatoms. The predicted octanol–water partition coefficient (Wildman–Crippen LogP) is 3.15. The predicted molar refractivity (Wildman–Crippen MR) is 86.9 cm³/mol. The Balaban J connectivity index is 2.03. The Hall–Kier alpha value is -2.99. The fourth-order valence-electron chi connectivity index (χ4n) is 2.23. The topological polar surface area (TPSA) is 66.5 Å². The summed E-state index contributed by atoms with van der Waals surface area (Å²) in [6, 6.07) is 10.8. The minimum Gasteiger partial charge on any atom is -0.273 e. The van der Waals surface area contributed by atoms with Crippen LogP contribution in [0, 0.1) is 5.82 Å². The molecule has 0 radical (unpaired) electrons. The van der Waals surface area contributed by atoms with Crippen molar-refractivity contribution in [3.8, 4) is 0 Å². The molecule has 0 unspecified atom stereocenters. The molecular weight excluding hydrogens is 335 g/mol. The van der Waals surface area contributed by atoms with Gasteiger partial charge < -0.3 is 0 Å². The number of benzene rings is 2. The molecule has 1 fully saturated rings. The molecule has 0 spiro atoms. The highest BCUT2D eigenvalue weighted by molar-refractivity contribution is 6.39. The Morgan fingerprint density at radius 1 is 1.00 bits per heavy atom. The summed E-state index contributed by atoms with van der Waals surface area (Å²) in [5.41, 5.74) is -0.0233. The van der Waals surface area contributed by atoms with Gasteiger partial charge in [0.1, 0.15) is 11.4 Å². The molecule has 1 aliphatic rings. The lowest BCUT2D eigenvalue weighted by atomic mass is 10.1. The first kappa shape index (κ1) is 15.9. The Kier molecular flexibility index (Phi) is 4.14. The van der Waals surface area contributed by atoms with E-state index < -0.39 is 23.7 Å². The summed E-state index contributed by atoms with van der Waals surface area (Å²) in [5.74, 6) is -2.30. The normalized spacial score (nSPS) is 16.5. The van der Waals surface area contributed by atoms with Gasteiger partial charge in [-0.2, -0.15) is 0 Å². The first-order chi connectivity index (χ1) is 11.5. The molecule has 120 valence electrons. The zero-order valence-electron chi connectivity index (χ0n) is 12.1. The van der Waals surface area contributed by atoms with E-state index in [2.05, 4.69) is 5.32 Å². The van der Waals surface area contributed by atoms with Crippen molar-refractivity contribution in [2.45, 2.75) is 0 Å². The molecule has 0 bridgehead atoms. The molecule has 1 aliphatic heterocycles. The second kappa shape index (κ2) is 6.25. The fourth-order valence-corrected chi connectivity index (χ4v) is 2.36. The third-order valence-electron chi connectivity index (χ3n) is 3.39. The van der Waals surface area contributed by atoms with Crippen molar-refractivity contribution in [3.05, 3.63) is 70.5 Å². The number of nitrogens with one attached hydrogen (secondary N) is 1. The zero-order valence-corrected chi connectivity index (χ0v) is 12.9. The number of nitrogens with zero attached hydrogens (tertiary/aromatic N) is 1. The van der Waals surface area contributed by atoms with Gasteiger partial charge in [-0.3, -0.25) is 14.9 Å². The molecule has 1 heterocycles. The number of imide groups is 2. The molecule has 1 N–H and O–H groups in total. The van der Waals surface area contributed by atoms with Crippen molar-refractivity contribution in [1.82, 2.24) is 5.32 Å². The number of carbonyl (C=O) groups is 3. The second-order valence-corrected chi connectivity index (χ2v) is 5.39. The molecule has 2 aromatic rings. The van der Waals surface area contributed by atoms with E-state index in [1.807, 2.05) is 0 Å². The molecule has 0 aliphatic carbocycles. The van der Waals surface area contributed by atoms with Crippen molar-refractivity contribution < 1.29 is 18.8 Å². The number of anilines is 1. The first-order valence-corrected chi connectivity index (χ1v) is 7.27. The van der Waals surface area contributed by atoms with E-state index >= 15 is 0 Å². The van der Waals surface area contributed by atoms with Gasteiger partial charge in [0.15, 0.2) is 0 Å². The number of carbonyl (C=O) groups excluding carboxylic acids is 3. The van der Waals surface area contributed by atoms with Crippen molar-refractivity contribution in [2.24, 2.45) is 0 Å². The molecule has 5 nitrogen and oxygen atoms in total. The van der Waals surface area contributed by atoms with Gasteiger partial charge in [0.2, 0.25) is 0 Å². The highest BCUT2D eigenvalue weighted by Gasteiger charge is 2.36. The van der Waals surface area contributed by atoms with Crippen LogP contribution in [0.4, 0.5) is 14.9 Å². The number of urea groups is 1. The molecule has 0 saturated carbocycles. The third kappa shape index (κ3) is 2.91. The molecule has 0 atom stereocenters. The van der Waals surface area contributed by atoms with Crippen LogP contribution in [0.3, 0.4) is 0 Å². The fraction of sp³-hybridized carbons (Fsp3) is 0. The van der Waals surface area contributed by atoms with Crippen molar-refractivity contribution in [2.75, 3.05) is 4.90 Å². The van der Waals surface area contributed by atoms with Gasteiger partial charge in [-0.25, -0.2) is 14.1 Å². The Morgan fingerprint density at radius 2 is 1.67 bits per heavy atom. The maximum atomic E-state index is 13.8. The van der Waals surface area contributed by atoms with Gasteiger partial charge in [-0.05, 0) is 36.4 Å². The van der Waals surface area contributed by atoms with Crippen LogP contribution in [0.1, 0.15) is 5.56 Å². The van der Waals surface area contributed by atoms with Crippen molar-refractivity contribution in [3.63, 3.8) is 0 Å². The molecule has 3 rings (SSSR count). The van der Waals surface area contributed by atoms with Crippen LogP contribution >= 0.6 is 11.6 Å². The standard InChI is InChI=1S/C17H10ClFN2O3/c18-11-5-7-12(8-6-11)21-16(23)13(15(22)20-17(21)24)9-10-3-1-2-4-14(10)19/h1-9H,(H,20,22,24)/b13-9+. The smallest absolute Gasteiger partial charge is 0.273 e. The van der Waals surface area contributed by atoms with E-state index in [0.717, 1.165) is 11.0 Å². The Morgan fingerprint density at radius 3 is 2.33 bits per heavy atom. The van der Waals surface area contributed by atoms with Gasteiger partial charge in [-0.1, -0.05) is 29.8 Å². The van der Waals surface area contributed by atoms with E-state index in [-0.39, 0.29) is 16.8 Å². The maximum Gasteiger partial charge on any atom is 0.335 e. The van der Waals surface area contributed by atoms with Crippen LogP contribution in [0.5, 0.6) is 0 Å². The molecule has 4 amide bonds. The molecule has 0 aromatic heterocycles. The minimum atomic E-state index is -0.877. The summed E-state index contributed by atoms with van der Waals surface area (Å²) in [6.07, 6.45) is 1.11. The van der Waals surface area contributed by atoms with Crippen LogP contribution in [-0.4, -0.2) is 17.8 Å². The van der Waals surface area contributed by atoms with Gasteiger partial charge in [0.25, 0.3) is 11.8 Å². The summed E-state index contributed by atoms with van der Waals surface area (Å²) in [7, 11) is 0. The van der Waals surface area contributed by atoms with Gasteiger partial charge in [0.05, 0.1) is 5.69 Å². The van der Waals surface area contributed by atoms with E-state index in [1.54, 1.807) is 6.07 Å². The zero-order chi connectivity index (χ0) is 17.3. The second-order valence-electron chi connectivity index (χ2n) is 4.96. The average molecular weight is 345 g/mol. The molecular formula is C17H10ClFN2O3. The van der Waals surface area contributed by atoms with Crippen LogP contribution in [-0.2, 0) is 9.59 Å². The Labute approximate surface area is 141 Å². The highest BCUT2D eigenvalue weighted by atomic mass is 35.5. The van der Waals surface area contributed by atoms with Crippen LogP contribution in [0.15, 0.2) is 54.1 Å². The number of barbiturate groups is 1. The average Bonchev–Trinajstić information content (AvgIpc) is 2.54. The lowest BCUT2D eigenvalue weighted by Crippen LogP contribution is -2.54. The summed E-state index contributed by atoms with van der Waals surface area (Å²) in [4.78, 5) is 37.3. The summed E-state index contributed by atoms with van der Waals surface area (Å²) < 4.78 is 13.8. The number of hydrogen-bond donors (Lipinski definition) is 1. The van der Waals surface area contributed by atoms with Crippen LogP contribution in [0.2, 0.25) is 5.02 Å². The molecule has 24 heavy (non-hydrogen) atoms.